The average molecular weight is 811 g/mol. The summed E-state index contributed by atoms with van der Waals surface area (Å²) >= 11 is 0. The maximum absolute atomic E-state index is 13.6. The number of amides is 2. The van der Waals surface area contributed by atoms with Crippen molar-refractivity contribution in [3.05, 3.63) is 35.9 Å². The lowest BCUT2D eigenvalue weighted by Gasteiger charge is -2.43. The van der Waals surface area contributed by atoms with Crippen LogP contribution in [-0.2, 0) is 54.0 Å². The first kappa shape index (κ1) is 47.6. The van der Waals surface area contributed by atoms with E-state index in [4.69, 9.17) is 39.6 Å². The van der Waals surface area contributed by atoms with Crippen LogP contribution in [0.3, 0.4) is 0 Å². The molecule has 1 aromatic rings. The Hall–Kier alpha value is -3.74. The van der Waals surface area contributed by atoms with Crippen molar-refractivity contribution in [2.24, 2.45) is 5.92 Å². The molecule has 320 valence electrons. The van der Waals surface area contributed by atoms with Crippen molar-refractivity contribution in [3.63, 3.8) is 0 Å². The third-order valence-electron chi connectivity index (χ3n) is 9.59. The van der Waals surface area contributed by atoms with E-state index in [1.807, 2.05) is 30.3 Å². The zero-order chi connectivity index (χ0) is 41.9. The normalized spacial score (nSPS) is 28.3. The van der Waals surface area contributed by atoms with Gasteiger partial charge in [0.25, 0.3) is 0 Å². The zero-order valence-electron chi connectivity index (χ0n) is 32.6. The summed E-state index contributed by atoms with van der Waals surface area (Å²) in [6, 6.07) is 8.31. The predicted octanol–water partition coefficient (Wildman–Crippen LogP) is -0.515. The van der Waals surface area contributed by atoms with E-state index in [2.05, 4.69) is 16.6 Å². The Morgan fingerprint density at radius 1 is 0.877 bits per heavy atom. The van der Waals surface area contributed by atoms with Crippen LogP contribution in [-0.4, -0.2) is 157 Å². The summed E-state index contributed by atoms with van der Waals surface area (Å²) in [7, 11) is 2.58. The summed E-state index contributed by atoms with van der Waals surface area (Å²) in [4.78, 5) is 52.0. The van der Waals surface area contributed by atoms with Gasteiger partial charge in [-0.15, -0.1) is 12.3 Å². The second kappa shape index (κ2) is 24.9. The first-order valence-electron chi connectivity index (χ1n) is 19.1. The Morgan fingerprint density at radius 2 is 1.58 bits per heavy atom. The van der Waals surface area contributed by atoms with Gasteiger partial charge in [0.15, 0.2) is 24.5 Å². The summed E-state index contributed by atoms with van der Waals surface area (Å²) in [6.45, 7) is 1.23. The third kappa shape index (κ3) is 14.9. The first-order chi connectivity index (χ1) is 27.3. The fraction of sp³-hybridized carbons (Fsp3) is 0.692. The number of terminal acetylenes is 1. The van der Waals surface area contributed by atoms with Crippen LogP contribution in [0.1, 0.15) is 57.4 Å². The lowest BCUT2D eigenvalue weighted by atomic mass is 9.91. The van der Waals surface area contributed by atoms with Gasteiger partial charge < -0.3 is 69.3 Å². The number of methoxy groups -OCH3 is 2. The van der Waals surface area contributed by atoms with Gasteiger partial charge in [-0.25, -0.2) is 4.79 Å². The Bertz CT molecular complexity index is 1430. The van der Waals surface area contributed by atoms with Gasteiger partial charge in [0.05, 0.1) is 31.8 Å². The van der Waals surface area contributed by atoms with Crippen molar-refractivity contribution in [2.45, 2.75) is 126 Å². The fourth-order valence-electron chi connectivity index (χ4n) is 6.45. The number of aliphatic hydroxyl groups is 5. The highest BCUT2D eigenvalue weighted by atomic mass is 16.7. The molecule has 0 saturated carbocycles. The number of alkyl carbamates (subject to hydrolysis) is 1. The number of nitrogens with one attached hydrogen (secondary N) is 2. The molecule has 57 heavy (non-hydrogen) atoms. The molecule has 18 nitrogen and oxygen atoms in total. The van der Waals surface area contributed by atoms with E-state index in [-0.39, 0.29) is 57.1 Å². The molecular weight excluding hydrogens is 752 g/mol. The largest absolute Gasteiger partial charge is 0.466 e. The van der Waals surface area contributed by atoms with Crippen LogP contribution in [0.4, 0.5) is 4.79 Å². The summed E-state index contributed by atoms with van der Waals surface area (Å²) in [5.41, 5.74) is 0.834. The van der Waals surface area contributed by atoms with Gasteiger partial charge in [0.2, 0.25) is 5.91 Å². The number of benzene rings is 1. The second-order valence-electron chi connectivity index (χ2n) is 13.8. The number of hydrogen-bond donors (Lipinski definition) is 7. The molecule has 0 aromatic heterocycles. The number of aliphatic hydroxyl groups excluding tert-OH is 5. The van der Waals surface area contributed by atoms with Crippen molar-refractivity contribution >= 4 is 23.8 Å². The molecule has 0 bridgehead atoms. The first-order valence-corrected chi connectivity index (χ1v) is 19.1. The van der Waals surface area contributed by atoms with Crippen LogP contribution >= 0.6 is 0 Å². The van der Waals surface area contributed by atoms with Crippen LogP contribution in [0, 0.1) is 18.3 Å². The lowest BCUT2D eigenvalue weighted by Crippen LogP contribution is -2.62. The van der Waals surface area contributed by atoms with Crippen molar-refractivity contribution in [1.82, 2.24) is 10.6 Å². The summed E-state index contributed by atoms with van der Waals surface area (Å²) in [5.74, 6) is 0.473. The quantitative estimate of drug-likeness (QED) is 0.0417. The number of unbranched alkanes of at least 4 members (excludes halogenated alkanes) is 2. The van der Waals surface area contributed by atoms with Crippen LogP contribution < -0.4 is 10.6 Å². The SMILES string of the molecule is C#CCCCC(=O)N[C@H](Cc1ccccc1)C(=O)C[C@@H](CCCCNC(=O)O[C@@H]1C(O)[C@@H](OC)OC(CO[C@H]2OC(COC)[C@@H](O)[C@H](O)C2O)[C@H]1O)C(=O)OCC. The second-order valence-corrected chi connectivity index (χ2v) is 13.8. The van der Waals surface area contributed by atoms with E-state index >= 15 is 0 Å². The highest BCUT2D eigenvalue weighted by Gasteiger charge is 2.49. The standard InChI is InChI=1S/C39H58N2O16/c1-5-7-9-17-29(43)41-25(19-23-14-10-8-11-15-23)26(42)20-24(36(49)53-6-2)16-12-13-18-40-39(50)57-35-31(45)28(55-37(52-4)34(35)48)22-54-38-33(47)32(46)30(44)27(56-38)21-51-3/h1,8,10-11,14-15,24-25,27-28,30-35,37-38,44-48H,6-7,9,12-13,16-22H2,2-4H3,(H,40,50)(H,41,43)/t24-,25-,27?,28?,30-,31-,32+,33?,34?,35+,37+,38+/m1/s1. The topological polar surface area (TPSA) is 258 Å². The summed E-state index contributed by atoms with van der Waals surface area (Å²) in [5, 5.41) is 57.8. The smallest absolute Gasteiger partial charge is 0.407 e. The molecule has 18 heteroatoms. The van der Waals surface area contributed by atoms with Crippen LogP contribution in [0.5, 0.6) is 0 Å². The summed E-state index contributed by atoms with van der Waals surface area (Å²) in [6.07, 6.45) is -8.28. The number of rotatable bonds is 23. The Kier molecular flexibility index (Phi) is 20.8. The zero-order valence-corrected chi connectivity index (χ0v) is 32.6. The van der Waals surface area contributed by atoms with E-state index in [1.54, 1.807) is 6.92 Å². The molecule has 2 amide bonds. The molecule has 2 fully saturated rings. The predicted molar refractivity (Wildman–Crippen MR) is 199 cm³/mol. The Balaban J connectivity index is 1.54. The summed E-state index contributed by atoms with van der Waals surface area (Å²) < 4.78 is 37.4. The van der Waals surface area contributed by atoms with Crippen LogP contribution in [0.2, 0.25) is 0 Å². The molecule has 12 atom stereocenters. The molecule has 0 aliphatic carbocycles. The number of ketones is 1. The van der Waals surface area contributed by atoms with Gasteiger partial charge >= 0.3 is 12.1 Å². The molecular formula is C39H58N2O16. The molecule has 3 rings (SSSR count). The maximum Gasteiger partial charge on any atom is 0.407 e. The highest BCUT2D eigenvalue weighted by molar-refractivity contribution is 5.91. The maximum atomic E-state index is 13.6. The van der Waals surface area contributed by atoms with Gasteiger partial charge in [-0.3, -0.25) is 14.4 Å². The van der Waals surface area contributed by atoms with Crippen LogP contribution in [0.15, 0.2) is 30.3 Å². The fourth-order valence-corrected chi connectivity index (χ4v) is 6.45. The number of hydrogen-bond acceptors (Lipinski definition) is 16. The van der Waals surface area contributed by atoms with E-state index in [1.165, 1.54) is 14.2 Å². The minimum atomic E-state index is -1.66. The van der Waals surface area contributed by atoms with Gasteiger partial charge in [0, 0.05) is 40.0 Å². The number of esters is 1. The number of carbonyl (C=O) groups is 4. The van der Waals surface area contributed by atoms with Gasteiger partial charge in [-0.2, -0.15) is 0 Å². The number of carbonyl (C=O) groups excluding carboxylic acids is 4. The van der Waals surface area contributed by atoms with Crippen molar-refractivity contribution < 1.29 is 77.9 Å². The Morgan fingerprint density at radius 3 is 2.25 bits per heavy atom. The third-order valence-corrected chi connectivity index (χ3v) is 9.59. The van der Waals surface area contributed by atoms with Gasteiger partial charge in [-0.05, 0) is 38.2 Å². The number of Topliss-reactive ketones (excluding diaryl/α,β-unsaturated/α-hetero) is 1. The minimum Gasteiger partial charge on any atom is -0.466 e. The molecule has 4 unspecified atom stereocenters. The molecule has 2 aliphatic rings. The van der Waals surface area contributed by atoms with Gasteiger partial charge in [-0.1, -0.05) is 36.8 Å². The Labute approximate surface area is 332 Å². The molecule has 2 heterocycles. The minimum absolute atomic E-state index is 0.0655. The lowest BCUT2D eigenvalue weighted by molar-refractivity contribution is -0.328. The molecule has 1 aromatic carbocycles. The van der Waals surface area contributed by atoms with E-state index in [0.717, 1.165) is 5.56 Å². The van der Waals surface area contributed by atoms with E-state index in [0.29, 0.717) is 25.7 Å². The van der Waals surface area contributed by atoms with Crippen LogP contribution in [0.25, 0.3) is 0 Å². The number of ether oxygens (including phenoxy) is 7. The van der Waals surface area contributed by atoms with Crippen molar-refractivity contribution in [1.29, 1.82) is 0 Å². The van der Waals surface area contributed by atoms with Gasteiger partial charge in [0.1, 0.15) is 42.7 Å². The average Bonchev–Trinajstić information content (AvgIpc) is 3.19. The van der Waals surface area contributed by atoms with E-state index in [9.17, 15) is 44.7 Å². The monoisotopic (exact) mass is 810 g/mol. The van der Waals surface area contributed by atoms with Crippen molar-refractivity contribution in [2.75, 3.05) is 40.6 Å². The highest BCUT2D eigenvalue weighted by Crippen LogP contribution is 2.27. The molecule has 2 saturated heterocycles. The molecule has 2 aliphatic heterocycles. The molecule has 7 N–H and O–H groups in total. The molecule has 0 radical (unpaired) electrons. The van der Waals surface area contributed by atoms with Crippen molar-refractivity contribution in [3.8, 4) is 12.3 Å². The molecule has 0 spiro atoms. The van der Waals surface area contributed by atoms with E-state index < -0.39 is 92.0 Å².